The number of nitrogens with zero attached hydrogens (tertiary/aromatic N) is 3. The van der Waals surface area contributed by atoms with Gasteiger partial charge in [-0.25, -0.2) is 14.4 Å². The number of amides is 2. The van der Waals surface area contributed by atoms with E-state index in [1.165, 1.54) is 19.2 Å². The molecule has 2 heterocycles. The van der Waals surface area contributed by atoms with Crippen molar-refractivity contribution in [3.8, 4) is 5.75 Å². The zero-order valence-corrected chi connectivity index (χ0v) is 21.0. The molecular formula is C26H32FN5O5. The number of benzene rings is 1. The van der Waals surface area contributed by atoms with Gasteiger partial charge in [-0.2, -0.15) is 0 Å². The second-order valence-corrected chi connectivity index (χ2v) is 9.47. The van der Waals surface area contributed by atoms with Crippen LogP contribution >= 0.6 is 0 Å². The van der Waals surface area contributed by atoms with Crippen molar-refractivity contribution in [2.45, 2.75) is 51.7 Å². The van der Waals surface area contributed by atoms with Gasteiger partial charge in [0.05, 0.1) is 12.8 Å². The summed E-state index contributed by atoms with van der Waals surface area (Å²) in [5.74, 6) is 0.122. The van der Waals surface area contributed by atoms with Gasteiger partial charge in [-0.15, -0.1) is 0 Å². The first kappa shape index (κ1) is 26.5. The first-order valence-corrected chi connectivity index (χ1v) is 12.4. The number of ether oxygens (including phenoxy) is 1. The first-order chi connectivity index (χ1) is 17.9. The Morgan fingerprint density at radius 2 is 1.95 bits per heavy atom. The summed E-state index contributed by atoms with van der Waals surface area (Å²) in [6.45, 7) is 2.00. The van der Waals surface area contributed by atoms with Crippen LogP contribution in [-0.2, 0) is 16.2 Å². The summed E-state index contributed by atoms with van der Waals surface area (Å²) in [6, 6.07) is 6.02. The lowest BCUT2D eigenvalue weighted by atomic mass is 9.78. The number of aliphatic hydroxyl groups is 1. The van der Waals surface area contributed by atoms with E-state index in [1.807, 2.05) is 0 Å². The maximum atomic E-state index is 13.6. The quantitative estimate of drug-likeness (QED) is 0.468. The minimum Gasteiger partial charge on any atom is -0.494 e. The van der Waals surface area contributed by atoms with Crippen LogP contribution in [0.4, 0.5) is 4.39 Å². The molecule has 0 unspecified atom stereocenters. The molecule has 11 heteroatoms. The van der Waals surface area contributed by atoms with Crippen LogP contribution in [-0.4, -0.2) is 59.0 Å². The van der Waals surface area contributed by atoms with Gasteiger partial charge in [0.25, 0.3) is 5.91 Å². The topological polar surface area (TPSA) is 135 Å². The molecule has 2 aromatic rings. The number of hydrogen-bond acceptors (Lipinski definition) is 8. The van der Waals surface area contributed by atoms with Gasteiger partial charge in [0, 0.05) is 19.5 Å². The van der Waals surface area contributed by atoms with Crippen molar-refractivity contribution in [1.82, 2.24) is 20.6 Å². The molecule has 1 fully saturated rings. The molecule has 37 heavy (non-hydrogen) atoms. The SMILES string of the molecule is COc1cc(CNC(=O)c2cc(C3=NO[C@H]([C@H]4CC[C@H](CNC(=O)CO)CC4)C3)nc(C)n2)ccc1F. The van der Waals surface area contributed by atoms with Crippen molar-refractivity contribution in [2.75, 3.05) is 20.3 Å². The number of nitrogens with one attached hydrogen (secondary N) is 2. The smallest absolute Gasteiger partial charge is 0.270 e. The summed E-state index contributed by atoms with van der Waals surface area (Å²) < 4.78 is 18.6. The molecule has 0 bridgehead atoms. The molecule has 0 spiro atoms. The van der Waals surface area contributed by atoms with E-state index in [2.05, 4.69) is 25.8 Å². The summed E-state index contributed by atoms with van der Waals surface area (Å²) in [7, 11) is 1.39. The van der Waals surface area contributed by atoms with Crippen LogP contribution in [0.5, 0.6) is 5.75 Å². The molecule has 1 atom stereocenters. The Morgan fingerprint density at radius 3 is 2.68 bits per heavy atom. The van der Waals surface area contributed by atoms with Crippen LogP contribution < -0.4 is 15.4 Å². The molecule has 2 aliphatic rings. The second kappa shape index (κ2) is 12.1. The molecule has 10 nitrogen and oxygen atoms in total. The molecule has 2 amide bonds. The monoisotopic (exact) mass is 513 g/mol. The fourth-order valence-electron chi connectivity index (χ4n) is 4.80. The Balaban J connectivity index is 1.32. The number of aromatic nitrogens is 2. The van der Waals surface area contributed by atoms with Crippen molar-refractivity contribution in [3.05, 3.63) is 52.9 Å². The zero-order chi connectivity index (χ0) is 26.4. The van der Waals surface area contributed by atoms with Gasteiger partial charge in [-0.3, -0.25) is 9.59 Å². The standard InChI is InChI=1S/C26H32FN5O5/c1-15-30-20(10-22(31-15)26(35)29-13-17-5-8-19(27)24(9-17)36-2)21-11-23(37-32-21)18-6-3-16(4-7-18)12-28-25(34)14-33/h5,8-10,16,18,23,33H,3-4,6-7,11-14H2,1-2H3,(H,28,34)(H,29,35)/t16-,18-,23-/m0/s1. The molecule has 0 radical (unpaired) electrons. The third-order valence-corrected chi connectivity index (χ3v) is 6.88. The number of hydrogen-bond donors (Lipinski definition) is 3. The molecule has 1 saturated carbocycles. The van der Waals surface area contributed by atoms with Gasteiger partial charge in [-0.05, 0) is 68.2 Å². The maximum absolute atomic E-state index is 13.6. The normalized spacial score (nSPS) is 21.1. The van der Waals surface area contributed by atoms with E-state index in [0.717, 1.165) is 25.7 Å². The Hall–Kier alpha value is -3.60. The average molecular weight is 514 g/mol. The number of rotatable bonds is 9. The van der Waals surface area contributed by atoms with E-state index < -0.39 is 12.4 Å². The van der Waals surface area contributed by atoms with Crippen molar-refractivity contribution >= 4 is 17.5 Å². The molecule has 198 valence electrons. The minimum absolute atomic E-state index is 0.0519. The average Bonchev–Trinajstić information content (AvgIpc) is 3.41. The highest BCUT2D eigenvalue weighted by Crippen LogP contribution is 2.35. The number of carbonyl (C=O) groups excluding carboxylic acids is 2. The zero-order valence-electron chi connectivity index (χ0n) is 21.0. The number of halogens is 1. The molecule has 4 rings (SSSR count). The number of aliphatic hydroxyl groups excluding tert-OH is 1. The van der Waals surface area contributed by atoms with Gasteiger partial charge in [0.2, 0.25) is 5.91 Å². The largest absolute Gasteiger partial charge is 0.494 e. The van der Waals surface area contributed by atoms with E-state index >= 15 is 0 Å². The van der Waals surface area contributed by atoms with E-state index in [0.29, 0.717) is 47.6 Å². The van der Waals surface area contributed by atoms with E-state index in [-0.39, 0.29) is 35.9 Å². The van der Waals surface area contributed by atoms with E-state index in [4.69, 9.17) is 14.7 Å². The van der Waals surface area contributed by atoms with Crippen LogP contribution in [0.15, 0.2) is 29.4 Å². The fraction of sp³-hybridized carbons (Fsp3) is 0.500. The fourth-order valence-corrected chi connectivity index (χ4v) is 4.80. The Morgan fingerprint density at radius 1 is 1.16 bits per heavy atom. The summed E-state index contributed by atoms with van der Waals surface area (Å²) in [4.78, 5) is 38.6. The minimum atomic E-state index is -0.485. The molecular weight excluding hydrogens is 481 g/mol. The van der Waals surface area contributed by atoms with Gasteiger partial charge in [0.15, 0.2) is 11.6 Å². The molecule has 1 aromatic carbocycles. The van der Waals surface area contributed by atoms with Crippen LogP contribution in [0.2, 0.25) is 0 Å². The highest BCUT2D eigenvalue weighted by molar-refractivity contribution is 6.01. The van der Waals surface area contributed by atoms with Crippen LogP contribution in [0.3, 0.4) is 0 Å². The van der Waals surface area contributed by atoms with Crippen LogP contribution in [0.1, 0.15) is 59.7 Å². The lowest BCUT2D eigenvalue weighted by Gasteiger charge is -2.30. The Labute approximate surface area is 214 Å². The third-order valence-electron chi connectivity index (χ3n) is 6.88. The molecule has 3 N–H and O–H groups in total. The van der Waals surface area contributed by atoms with Gasteiger partial charge in [0.1, 0.15) is 29.9 Å². The van der Waals surface area contributed by atoms with Gasteiger partial charge in [-0.1, -0.05) is 11.2 Å². The lowest BCUT2D eigenvalue weighted by molar-refractivity contribution is -0.124. The van der Waals surface area contributed by atoms with Gasteiger partial charge < -0.3 is 25.3 Å². The number of carbonyl (C=O) groups is 2. The van der Waals surface area contributed by atoms with Gasteiger partial charge >= 0.3 is 0 Å². The Bertz CT molecular complexity index is 1170. The highest BCUT2D eigenvalue weighted by atomic mass is 19.1. The van der Waals surface area contributed by atoms with Crippen molar-refractivity contribution in [3.63, 3.8) is 0 Å². The number of oxime groups is 1. The van der Waals surface area contributed by atoms with E-state index in [1.54, 1.807) is 19.1 Å². The number of methoxy groups -OCH3 is 1. The summed E-state index contributed by atoms with van der Waals surface area (Å²) in [6.07, 6.45) is 4.44. The predicted molar refractivity (Wildman–Crippen MR) is 132 cm³/mol. The summed E-state index contributed by atoms with van der Waals surface area (Å²) in [5.41, 5.74) is 2.15. The molecule has 1 aliphatic heterocycles. The maximum Gasteiger partial charge on any atom is 0.270 e. The van der Waals surface area contributed by atoms with Crippen molar-refractivity contribution in [1.29, 1.82) is 0 Å². The van der Waals surface area contributed by atoms with Crippen LogP contribution in [0.25, 0.3) is 0 Å². The molecule has 1 aromatic heterocycles. The lowest BCUT2D eigenvalue weighted by Crippen LogP contribution is -2.34. The predicted octanol–water partition coefficient (Wildman–Crippen LogP) is 2.27. The molecule has 1 aliphatic carbocycles. The number of aryl methyl sites for hydroxylation is 1. The summed E-state index contributed by atoms with van der Waals surface area (Å²) >= 11 is 0. The Kier molecular flexibility index (Phi) is 8.65. The first-order valence-electron chi connectivity index (χ1n) is 12.4. The summed E-state index contributed by atoms with van der Waals surface area (Å²) in [5, 5.41) is 18.7. The second-order valence-electron chi connectivity index (χ2n) is 9.47. The van der Waals surface area contributed by atoms with Crippen molar-refractivity contribution < 1.29 is 28.7 Å². The van der Waals surface area contributed by atoms with Crippen molar-refractivity contribution in [2.24, 2.45) is 17.0 Å². The molecule has 0 saturated heterocycles. The van der Waals surface area contributed by atoms with Crippen LogP contribution in [0, 0.1) is 24.6 Å². The third kappa shape index (κ3) is 6.79. The highest BCUT2D eigenvalue weighted by Gasteiger charge is 2.34. The van der Waals surface area contributed by atoms with E-state index in [9.17, 15) is 14.0 Å².